The fourth-order valence-corrected chi connectivity index (χ4v) is 2.48. The van der Waals surface area contributed by atoms with Crippen LogP contribution in [0.1, 0.15) is 52.9 Å². The van der Waals surface area contributed by atoms with Gasteiger partial charge >= 0.3 is 0 Å². The summed E-state index contributed by atoms with van der Waals surface area (Å²) < 4.78 is 5.66. The highest BCUT2D eigenvalue weighted by atomic mass is 16.5. The molecule has 1 aliphatic rings. The molecule has 0 atom stereocenters. The van der Waals surface area contributed by atoms with E-state index in [1.807, 2.05) is 0 Å². The third-order valence-corrected chi connectivity index (χ3v) is 3.56. The van der Waals surface area contributed by atoms with Gasteiger partial charge in [-0.25, -0.2) is 0 Å². The Kier molecular flexibility index (Phi) is 5.90. The minimum absolute atomic E-state index is 0.0544. The van der Waals surface area contributed by atoms with Gasteiger partial charge in [0.15, 0.2) is 0 Å². The first-order valence-electron chi connectivity index (χ1n) is 6.93. The van der Waals surface area contributed by atoms with Crippen LogP contribution in [-0.4, -0.2) is 37.0 Å². The maximum absolute atomic E-state index is 9.56. The zero-order valence-electron chi connectivity index (χ0n) is 11.7. The fraction of sp³-hybridized carbons (Fsp3) is 1.00. The van der Waals surface area contributed by atoms with Crippen molar-refractivity contribution in [3.63, 3.8) is 0 Å². The third-order valence-electron chi connectivity index (χ3n) is 3.56. The first-order chi connectivity index (χ1) is 7.97. The number of aliphatic hydroxyl groups excluding tert-OH is 1. The van der Waals surface area contributed by atoms with Crippen molar-refractivity contribution < 1.29 is 9.84 Å². The van der Waals surface area contributed by atoms with E-state index in [1.54, 1.807) is 0 Å². The topological polar surface area (TPSA) is 41.5 Å². The zero-order chi connectivity index (χ0) is 12.8. The quantitative estimate of drug-likeness (QED) is 0.704. The average molecular weight is 243 g/mol. The van der Waals surface area contributed by atoms with Crippen LogP contribution < -0.4 is 5.32 Å². The van der Waals surface area contributed by atoms with Crippen LogP contribution in [0.5, 0.6) is 0 Å². The lowest BCUT2D eigenvalue weighted by Crippen LogP contribution is -2.40. The van der Waals surface area contributed by atoms with Gasteiger partial charge in [0.05, 0.1) is 12.2 Å². The summed E-state index contributed by atoms with van der Waals surface area (Å²) in [5.41, 5.74) is 0.0845. The Hall–Kier alpha value is -0.120. The summed E-state index contributed by atoms with van der Waals surface area (Å²) in [6.45, 7) is 9.08. The summed E-state index contributed by atoms with van der Waals surface area (Å²) >= 11 is 0. The molecule has 1 saturated carbocycles. The van der Waals surface area contributed by atoms with Crippen LogP contribution in [0, 0.1) is 5.41 Å². The molecule has 2 N–H and O–H groups in total. The van der Waals surface area contributed by atoms with Crippen LogP contribution in [0.4, 0.5) is 0 Å². The lowest BCUT2D eigenvalue weighted by molar-refractivity contribution is -0.00304. The number of hydrogen-bond donors (Lipinski definition) is 2. The Morgan fingerprint density at radius 3 is 2.35 bits per heavy atom. The van der Waals surface area contributed by atoms with Crippen molar-refractivity contribution in [3.8, 4) is 0 Å². The van der Waals surface area contributed by atoms with Crippen LogP contribution in [-0.2, 0) is 4.74 Å². The third kappa shape index (κ3) is 5.84. The molecular weight excluding hydrogens is 214 g/mol. The smallest absolute Gasteiger partial charge is 0.0599 e. The maximum Gasteiger partial charge on any atom is 0.0599 e. The molecule has 17 heavy (non-hydrogen) atoms. The Morgan fingerprint density at radius 1 is 1.18 bits per heavy atom. The number of rotatable bonds is 6. The lowest BCUT2D eigenvalue weighted by atomic mass is 9.74. The molecule has 1 fully saturated rings. The first kappa shape index (κ1) is 14.9. The monoisotopic (exact) mass is 243 g/mol. The number of nitrogens with one attached hydrogen (secondary N) is 1. The van der Waals surface area contributed by atoms with Crippen LogP contribution in [0.25, 0.3) is 0 Å². The minimum Gasteiger partial charge on any atom is -0.396 e. The minimum atomic E-state index is -0.0544. The molecular formula is C14H29NO2. The maximum atomic E-state index is 9.56. The normalized spacial score (nSPS) is 20.5. The summed E-state index contributed by atoms with van der Waals surface area (Å²) in [4.78, 5) is 0. The van der Waals surface area contributed by atoms with Gasteiger partial charge in [-0.15, -0.1) is 0 Å². The summed E-state index contributed by atoms with van der Waals surface area (Å²) in [6.07, 6.45) is 6.18. The van der Waals surface area contributed by atoms with Crippen molar-refractivity contribution >= 4 is 0 Å². The second-order valence-electron chi connectivity index (χ2n) is 6.36. The molecule has 3 nitrogen and oxygen atoms in total. The SMILES string of the molecule is CC(C)(C)OCCNCC1(CO)CCCCC1. The predicted molar refractivity (Wildman–Crippen MR) is 71.2 cm³/mol. The van der Waals surface area contributed by atoms with Gasteiger partial charge in [-0.3, -0.25) is 0 Å². The summed E-state index contributed by atoms with van der Waals surface area (Å²) in [6, 6.07) is 0. The molecule has 0 amide bonds. The summed E-state index contributed by atoms with van der Waals surface area (Å²) in [5, 5.41) is 13.0. The van der Waals surface area contributed by atoms with Gasteiger partial charge in [0.2, 0.25) is 0 Å². The highest BCUT2D eigenvalue weighted by Gasteiger charge is 2.30. The molecule has 0 aromatic carbocycles. The van der Waals surface area contributed by atoms with Gasteiger partial charge in [0.1, 0.15) is 0 Å². The van der Waals surface area contributed by atoms with E-state index in [2.05, 4.69) is 26.1 Å². The van der Waals surface area contributed by atoms with Gasteiger partial charge in [-0.1, -0.05) is 19.3 Å². The van der Waals surface area contributed by atoms with Crippen LogP contribution in [0.15, 0.2) is 0 Å². The van der Waals surface area contributed by atoms with E-state index < -0.39 is 0 Å². The molecule has 0 unspecified atom stereocenters. The fourth-order valence-electron chi connectivity index (χ4n) is 2.48. The van der Waals surface area contributed by atoms with E-state index in [0.29, 0.717) is 6.61 Å². The van der Waals surface area contributed by atoms with E-state index in [4.69, 9.17) is 4.74 Å². The highest BCUT2D eigenvalue weighted by Crippen LogP contribution is 2.35. The first-order valence-corrected chi connectivity index (χ1v) is 6.93. The molecule has 0 aliphatic heterocycles. The van der Waals surface area contributed by atoms with Crippen LogP contribution in [0.2, 0.25) is 0 Å². The van der Waals surface area contributed by atoms with Crippen molar-refractivity contribution in [2.24, 2.45) is 5.41 Å². The molecule has 3 heteroatoms. The van der Waals surface area contributed by atoms with Crippen molar-refractivity contribution in [1.29, 1.82) is 0 Å². The van der Waals surface area contributed by atoms with Crippen molar-refractivity contribution in [3.05, 3.63) is 0 Å². The van der Waals surface area contributed by atoms with E-state index in [9.17, 15) is 5.11 Å². The van der Waals surface area contributed by atoms with Gasteiger partial charge < -0.3 is 15.2 Å². The molecule has 1 aliphatic carbocycles. The van der Waals surface area contributed by atoms with Crippen LogP contribution >= 0.6 is 0 Å². The standard InChI is InChI=1S/C14H29NO2/c1-13(2,3)17-10-9-15-11-14(12-16)7-5-4-6-8-14/h15-16H,4-12H2,1-3H3. The Bertz CT molecular complexity index is 205. The van der Waals surface area contributed by atoms with E-state index >= 15 is 0 Å². The molecule has 1 rings (SSSR count). The zero-order valence-corrected chi connectivity index (χ0v) is 11.7. The van der Waals surface area contributed by atoms with E-state index in [-0.39, 0.29) is 11.0 Å². The van der Waals surface area contributed by atoms with Gasteiger partial charge in [-0.2, -0.15) is 0 Å². The number of aliphatic hydroxyl groups is 1. The molecule has 0 aromatic heterocycles. The van der Waals surface area contributed by atoms with Crippen molar-refractivity contribution in [2.45, 2.75) is 58.5 Å². The van der Waals surface area contributed by atoms with E-state index in [1.165, 1.54) is 19.3 Å². The molecule has 0 aromatic rings. The van der Waals surface area contributed by atoms with Crippen LogP contribution in [0.3, 0.4) is 0 Å². The Labute approximate surface area is 106 Å². The summed E-state index contributed by atoms with van der Waals surface area (Å²) in [7, 11) is 0. The van der Waals surface area contributed by atoms with Gasteiger partial charge in [-0.05, 0) is 33.6 Å². The molecule has 0 radical (unpaired) electrons. The molecule has 102 valence electrons. The predicted octanol–water partition coefficient (Wildman–Crippen LogP) is 2.33. The second-order valence-corrected chi connectivity index (χ2v) is 6.36. The number of ether oxygens (including phenoxy) is 1. The van der Waals surface area contributed by atoms with E-state index in [0.717, 1.165) is 32.5 Å². The Balaban J connectivity index is 2.15. The molecule has 0 spiro atoms. The van der Waals surface area contributed by atoms with Crippen molar-refractivity contribution in [2.75, 3.05) is 26.3 Å². The van der Waals surface area contributed by atoms with Crippen molar-refractivity contribution in [1.82, 2.24) is 5.32 Å². The largest absolute Gasteiger partial charge is 0.396 e. The number of hydrogen-bond acceptors (Lipinski definition) is 3. The summed E-state index contributed by atoms with van der Waals surface area (Å²) in [5.74, 6) is 0. The van der Waals surface area contributed by atoms with Gasteiger partial charge in [0.25, 0.3) is 0 Å². The Morgan fingerprint density at radius 2 is 1.82 bits per heavy atom. The molecule has 0 heterocycles. The highest BCUT2D eigenvalue weighted by molar-refractivity contribution is 4.84. The lowest BCUT2D eigenvalue weighted by Gasteiger charge is -2.36. The molecule has 0 bridgehead atoms. The average Bonchev–Trinajstić information content (AvgIpc) is 2.28. The van der Waals surface area contributed by atoms with Gasteiger partial charge in [0, 0.05) is 25.1 Å². The second kappa shape index (κ2) is 6.72. The molecule has 0 saturated heterocycles.